The molecule has 0 saturated heterocycles. The molecule has 0 unspecified atom stereocenters. The lowest BCUT2D eigenvalue weighted by Crippen LogP contribution is -2.13. The van der Waals surface area contributed by atoms with Crippen LogP contribution in [0.1, 0.15) is 148 Å². The number of unbranched alkanes of at least 4 members (excludes halogenated alkanes) is 6. The van der Waals surface area contributed by atoms with E-state index in [9.17, 15) is 0 Å². The monoisotopic (exact) mass is 1040 g/mol. The first-order chi connectivity index (χ1) is 38.3. The molecule has 0 bridgehead atoms. The van der Waals surface area contributed by atoms with Crippen molar-refractivity contribution in [2.24, 2.45) is 0 Å². The van der Waals surface area contributed by atoms with E-state index in [-0.39, 0.29) is 10.8 Å². The van der Waals surface area contributed by atoms with Gasteiger partial charge in [-0.1, -0.05) is 241 Å². The maximum Gasteiger partial charge on any atom is 0.0541 e. The molecule has 2 nitrogen and oxygen atoms in total. The van der Waals surface area contributed by atoms with Crippen molar-refractivity contribution < 1.29 is 0 Å². The van der Waals surface area contributed by atoms with Crippen molar-refractivity contribution in [3.05, 3.63) is 228 Å². The van der Waals surface area contributed by atoms with Gasteiger partial charge in [0.15, 0.2) is 0 Å². The van der Waals surface area contributed by atoms with E-state index < -0.39 is 0 Å². The summed E-state index contributed by atoms with van der Waals surface area (Å²) >= 11 is 0. The first-order valence-electron chi connectivity index (χ1n) is 29.9. The average Bonchev–Trinajstić information content (AvgIpc) is 4.07. The topological polar surface area (TPSA) is 8.17 Å². The summed E-state index contributed by atoms with van der Waals surface area (Å²) < 4.78 is 2.46. The Bertz CT molecular complexity index is 3600. The molecule has 0 aliphatic carbocycles. The number of benzene rings is 9. The van der Waals surface area contributed by atoms with Gasteiger partial charge in [-0.05, 0) is 182 Å². The molecule has 0 aliphatic heterocycles. The Balaban J connectivity index is 1.09. The second kappa shape index (κ2) is 24.3. The Hall–Kier alpha value is -7.42. The lowest BCUT2D eigenvalue weighted by Gasteiger charge is -2.30. The summed E-state index contributed by atoms with van der Waals surface area (Å²) in [5, 5.41) is 2.57. The van der Waals surface area contributed by atoms with Crippen molar-refractivity contribution in [3.8, 4) is 50.2 Å². The van der Waals surface area contributed by atoms with E-state index in [2.05, 4.69) is 272 Å². The van der Waals surface area contributed by atoms with E-state index in [0.717, 1.165) is 38.5 Å². The molecule has 0 atom stereocenters. The van der Waals surface area contributed by atoms with Crippen LogP contribution < -0.4 is 4.90 Å². The van der Waals surface area contributed by atoms with Gasteiger partial charge in [0.1, 0.15) is 0 Å². The van der Waals surface area contributed by atoms with Crippen molar-refractivity contribution in [1.82, 2.24) is 4.57 Å². The SMILES string of the molecule is CCCCCCc1cc(N(c2ccc(-c3ccc(CCC)cc3)cc2)c2ccc(-c3ccc(C(C)(C)C)cc3)cc2)c(CCCCCC)cc1-c1ccc2c(c1)c1ccccc1n2-c1ccc(-c2ccc(C(C)(C)C)cc2)cc1. The molecule has 9 aromatic carbocycles. The number of hydrogen-bond donors (Lipinski definition) is 0. The lowest BCUT2D eigenvalue weighted by atomic mass is 9.86. The Morgan fingerprint density at radius 3 is 1.29 bits per heavy atom. The highest BCUT2D eigenvalue weighted by Gasteiger charge is 2.23. The molecule has 0 fully saturated rings. The fourth-order valence-corrected chi connectivity index (χ4v) is 11.8. The van der Waals surface area contributed by atoms with Crippen molar-refractivity contribution in [2.45, 2.75) is 150 Å². The summed E-state index contributed by atoms with van der Waals surface area (Å²) in [6, 6.07) is 76.8. The molecule has 10 rings (SSSR count). The predicted molar refractivity (Wildman–Crippen MR) is 344 cm³/mol. The van der Waals surface area contributed by atoms with Gasteiger partial charge in [-0.15, -0.1) is 0 Å². The molecule has 0 saturated carbocycles. The molecular formula is C77H84N2. The van der Waals surface area contributed by atoms with Crippen LogP contribution in [0.4, 0.5) is 17.1 Å². The van der Waals surface area contributed by atoms with Crippen LogP contribution in [0.2, 0.25) is 0 Å². The molecule has 0 N–H and O–H groups in total. The molecule has 10 aromatic rings. The summed E-state index contributed by atoms with van der Waals surface area (Å²) in [6.07, 6.45) is 14.0. The first-order valence-corrected chi connectivity index (χ1v) is 29.9. The highest BCUT2D eigenvalue weighted by atomic mass is 15.1. The number of nitrogens with zero attached hydrogens (tertiary/aromatic N) is 2. The Kier molecular flexibility index (Phi) is 16.9. The van der Waals surface area contributed by atoms with E-state index in [1.54, 1.807) is 0 Å². The molecule has 0 radical (unpaired) electrons. The Morgan fingerprint density at radius 1 is 0.354 bits per heavy atom. The minimum absolute atomic E-state index is 0.108. The Morgan fingerprint density at radius 2 is 0.797 bits per heavy atom. The number of anilines is 3. The van der Waals surface area contributed by atoms with E-state index in [1.807, 2.05) is 0 Å². The number of rotatable bonds is 20. The van der Waals surface area contributed by atoms with Crippen LogP contribution in [0.25, 0.3) is 72.0 Å². The van der Waals surface area contributed by atoms with Gasteiger partial charge in [-0.2, -0.15) is 0 Å². The second-order valence-electron chi connectivity index (χ2n) is 24.4. The van der Waals surface area contributed by atoms with Gasteiger partial charge in [-0.3, -0.25) is 0 Å². The van der Waals surface area contributed by atoms with Crippen molar-refractivity contribution in [3.63, 3.8) is 0 Å². The standard InChI is InChI=1S/C77H84N2/c1-10-13-15-17-22-62-54-75(78(67-45-34-59(35-46-67)56-28-26-55(21-12-3)27-29-56)68-47-36-60(37-48-68)57-30-41-65(42-31-57)76(4,5)6)64(23-18-16-14-11-2)53-71(62)63-40-51-74-72(52-63)70-24-19-20-25-73(70)79(74)69-49-38-61(39-50-69)58-32-43-66(44-33-58)77(7,8)9/h19-20,24-54H,10-18,21-23H2,1-9H3. The van der Waals surface area contributed by atoms with Gasteiger partial charge in [0, 0.05) is 33.5 Å². The molecule has 2 heteroatoms. The van der Waals surface area contributed by atoms with E-state index in [0.29, 0.717) is 0 Å². The number of para-hydroxylation sites is 1. The summed E-state index contributed by atoms with van der Waals surface area (Å²) in [6.45, 7) is 20.6. The fourth-order valence-electron chi connectivity index (χ4n) is 11.8. The second-order valence-corrected chi connectivity index (χ2v) is 24.4. The number of aryl methyl sites for hydroxylation is 3. The molecule has 1 aromatic heterocycles. The number of hydrogen-bond acceptors (Lipinski definition) is 1. The lowest BCUT2D eigenvalue weighted by molar-refractivity contribution is 0.590. The van der Waals surface area contributed by atoms with Crippen molar-refractivity contribution >= 4 is 38.9 Å². The number of fused-ring (bicyclic) bond motifs is 3. The molecule has 0 aliphatic rings. The van der Waals surface area contributed by atoms with Gasteiger partial charge in [-0.25, -0.2) is 0 Å². The van der Waals surface area contributed by atoms with Crippen LogP contribution >= 0.6 is 0 Å². The predicted octanol–water partition coefficient (Wildman–Crippen LogP) is 22.7. The Labute approximate surface area is 474 Å². The van der Waals surface area contributed by atoms with Gasteiger partial charge < -0.3 is 9.47 Å². The smallest absolute Gasteiger partial charge is 0.0541 e. The zero-order valence-corrected chi connectivity index (χ0v) is 48.9. The summed E-state index contributed by atoms with van der Waals surface area (Å²) in [5.74, 6) is 0. The minimum Gasteiger partial charge on any atom is -0.310 e. The third kappa shape index (κ3) is 12.4. The van der Waals surface area contributed by atoms with Crippen molar-refractivity contribution in [2.75, 3.05) is 4.90 Å². The van der Waals surface area contributed by atoms with E-state index >= 15 is 0 Å². The third-order valence-electron chi connectivity index (χ3n) is 16.5. The third-order valence-corrected chi connectivity index (χ3v) is 16.5. The van der Waals surface area contributed by atoms with E-state index in [1.165, 1.54) is 155 Å². The molecular weight excluding hydrogens is 953 g/mol. The van der Waals surface area contributed by atoms with Crippen LogP contribution in [0.3, 0.4) is 0 Å². The van der Waals surface area contributed by atoms with E-state index in [4.69, 9.17) is 0 Å². The first kappa shape index (κ1) is 54.9. The van der Waals surface area contributed by atoms with Gasteiger partial charge >= 0.3 is 0 Å². The zero-order chi connectivity index (χ0) is 55.1. The maximum absolute atomic E-state index is 2.61. The summed E-state index contributed by atoms with van der Waals surface area (Å²) in [7, 11) is 0. The highest BCUT2D eigenvalue weighted by Crippen LogP contribution is 2.44. The average molecular weight is 1040 g/mol. The quantitative estimate of drug-likeness (QED) is 0.0691. The minimum atomic E-state index is 0.108. The largest absolute Gasteiger partial charge is 0.310 e. The molecule has 402 valence electrons. The van der Waals surface area contributed by atoms with Crippen LogP contribution in [0.5, 0.6) is 0 Å². The highest BCUT2D eigenvalue weighted by molar-refractivity contribution is 6.10. The number of aromatic nitrogens is 1. The van der Waals surface area contributed by atoms with Crippen LogP contribution in [0, 0.1) is 0 Å². The van der Waals surface area contributed by atoms with Gasteiger partial charge in [0.2, 0.25) is 0 Å². The fraction of sp³-hybridized carbons (Fsp3) is 0.299. The zero-order valence-electron chi connectivity index (χ0n) is 48.9. The molecule has 79 heavy (non-hydrogen) atoms. The van der Waals surface area contributed by atoms with Crippen LogP contribution in [-0.4, -0.2) is 4.57 Å². The van der Waals surface area contributed by atoms with Gasteiger partial charge in [0.25, 0.3) is 0 Å². The van der Waals surface area contributed by atoms with Gasteiger partial charge in [0.05, 0.1) is 11.0 Å². The molecule has 1 heterocycles. The summed E-state index contributed by atoms with van der Waals surface area (Å²) in [4.78, 5) is 2.57. The van der Waals surface area contributed by atoms with Crippen LogP contribution in [-0.2, 0) is 30.1 Å². The summed E-state index contributed by atoms with van der Waals surface area (Å²) in [5.41, 5.74) is 24.5. The van der Waals surface area contributed by atoms with Crippen molar-refractivity contribution in [1.29, 1.82) is 0 Å². The molecule has 0 spiro atoms. The van der Waals surface area contributed by atoms with Crippen LogP contribution in [0.15, 0.2) is 200 Å². The maximum atomic E-state index is 2.61. The molecule has 0 amide bonds. The normalized spacial score (nSPS) is 12.0.